The third-order valence-electron chi connectivity index (χ3n) is 14.2. The van der Waals surface area contributed by atoms with E-state index in [9.17, 15) is 0 Å². The van der Waals surface area contributed by atoms with Gasteiger partial charge in [-0.15, -0.1) is 0 Å². The van der Waals surface area contributed by atoms with Crippen molar-refractivity contribution in [2.24, 2.45) is 0 Å². The van der Waals surface area contributed by atoms with Gasteiger partial charge in [0.1, 0.15) is 27.9 Å². The zero-order chi connectivity index (χ0) is 47.8. The van der Waals surface area contributed by atoms with E-state index in [4.69, 9.17) is 17.7 Å². The fraction of sp³-hybridized carbons (Fsp3) is 0.156. The van der Waals surface area contributed by atoms with E-state index < -0.39 is 0 Å². The smallest absolute Gasteiger partial charge is 0.160 e. The van der Waals surface area contributed by atoms with Crippen molar-refractivity contribution < 1.29 is 17.7 Å². The molecule has 0 bridgehead atoms. The predicted octanol–water partition coefficient (Wildman–Crippen LogP) is 19.4. The summed E-state index contributed by atoms with van der Waals surface area (Å²) in [6.45, 7) is 17.7. The molecule has 9 aromatic carbocycles. The zero-order valence-corrected chi connectivity index (χ0v) is 40.7. The van der Waals surface area contributed by atoms with Crippen LogP contribution in [0, 0.1) is 13.8 Å². The minimum absolute atomic E-state index is 0.102. The van der Waals surface area contributed by atoms with Crippen molar-refractivity contribution in [3.63, 3.8) is 0 Å². The van der Waals surface area contributed by atoms with E-state index in [0.29, 0.717) is 0 Å². The first-order chi connectivity index (χ1) is 33.8. The minimum Gasteiger partial charge on any atom is -0.456 e. The number of nitrogens with zero attached hydrogens (tertiary/aromatic N) is 2. The number of anilines is 6. The molecule has 0 radical (unpaired) electrons. The second-order valence-electron chi connectivity index (χ2n) is 21.1. The Hall–Kier alpha value is -8.22. The Bertz CT molecular complexity index is 4260. The quantitative estimate of drug-likeness (QED) is 0.166. The molecule has 0 N–H and O–H groups in total. The fourth-order valence-electron chi connectivity index (χ4n) is 10.9. The van der Waals surface area contributed by atoms with Crippen LogP contribution in [0.2, 0.25) is 0 Å². The van der Waals surface area contributed by atoms with Gasteiger partial charge in [0.05, 0.1) is 22.7 Å². The third-order valence-corrected chi connectivity index (χ3v) is 14.2. The molecule has 0 amide bonds. The van der Waals surface area contributed by atoms with Crippen LogP contribution < -0.4 is 9.80 Å². The molecule has 0 aliphatic rings. The molecular weight excluding hydrogens is 861 g/mol. The monoisotopic (exact) mass is 912 g/mol. The van der Waals surface area contributed by atoms with E-state index in [1.54, 1.807) is 0 Å². The predicted molar refractivity (Wildman–Crippen MR) is 292 cm³/mol. The largest absolute Gasteiger partial charge is 0.456 e. The highest BCUT2D eigenvalue weighted by Gasteiger charge is 2.30. The van der Waals surface area contributed by atoms with Crippen molar-refractivity contribution in [1.29, 1.82) is 0 Å². The van der Waals surface area contributed by atoms with Crippen molar-refractivity contribution in [3.8, 4) is 0 Å². The first kappa shape index (κ1) is 41.9. The Labute approximate surface area is 405 Å². The molecule has 342 valence electrons. The molecule has 4 heterocycles. The first-order valence-electron chi connectivity index (χ1n) is 24.2. The average Bonchev–Trinajstić information content (AvgIpc) is 4.11. The van der Waals surface area contributed by atoms with Crippen LogP contribution in [-0.4, -0.2) is 0 Å². The summed E-state index contributed by atoms with van der Waals surface area (Å²) < 4.78 is 28.3. The Morgan fingerprint density at radius 3 is 1.39 bits per heavy atom. The molecule has 0 aliphatic carbocycles. The molecule has 0 saturated carbocycles. The Morgan fingerprint density at radius 2 is 0.800 bits per heavy atom. The number of rotatable bonds is 6. The van der Waals surface area contributed by atoms with Crippen LogP contribution in [-0.2, 0) is 10.8 Å². The molecule has 0 unspecified atom stereocenters. The summed E-state index contributed by atoms with van der Waals surface area (Å²) >= 11 is 0. The van der Waals surface area contributed by atoms with Gasteiger partial charge in [0.25, 0.3) is 0 Å². The Kier molecular flexibility index (Phi) is 9.07. The fourth-order valence-corrected chi connectivity index (χ4v) is 10.9. The number of benzene rings is 9. The van der Waals surface area contributed by atoms with Gasteiger partial charge in [-0.05, 0) is 90.4 Å². The van der Waals surface area contributed by atoms with Gasteiger partial charge in [-0.1, -0.05) is 145 Å². The maximum Gasteiger partial charge on any atom is 0.160 e. The Balaban J connectivity index is 1.07. The summed E-state index contributed by atoms with van der Waals surface area (Å²) in [6.07, 6.45) is 0. The van der Waals surface area contributed by atoms with E-state index in [2.05, 4.69) is 229 Å². The van der Waals surface area contributed by atoms with Gasteiger partial charge in [0.15, 0.2) is 16.7 Å². The lowest BCUT2D eigenvalue weighted by atomic mass is 9.86. The molecule has 4 aromatic heterocycles. The van der Waals surface area contributed by atoms with Crippen molar-refractivity contribution in [2.75, 3.05) is 9.80 Å². The van der Waals surface area contributed by atoms with Crippen molar-refractivity contribution in [3.05, 3.63) is 192 Å². The number of aryl methyl sites for hydroxylation is 2. The molecule has 0 atom stereocenters. The highest BCUT2D eigenvalue weighted by Crippen LogP contribution is 2.52. The van der Waals surface area contributed by atoms with Gasteiger partial charge in [0, 0.05) is 77.7 Å². The summed E-state index contributed by atoms with van der Waals surface area (Å²) in [6, 6.07) is 60.3. The van der Waals surface area contributed by atoms with E-state index in [-0.39, 0.29) is 10.8 Å². The second-order valence-corrected chi connectivity index (χ2v) is 21.1. The molecule has 0 fully saturated rings. The molecule has 0 saturated heterocycles. The lowest BCUT2D eigenvalue weighted by Crippen LogP contribution is -2.11. The average molecular weight is 913 g/mol. The molecule has 0 aliphatic heterocycles. The molecule has 6 heteroatoms. The molecule has 13 rings (SSSR count). The van der Waals surface area contributed by atoms with Gasteiger partial charge in [-0.25, -0.2) is 0 Å². The standard InChI is InChI=1S/C64H52N2O4/c1-37-17-11-19-39(33-37)65(50-28-15-24-44-42-22-13-26-48(63(3,4)5)58(42)69-60(44)50)41-31-32-47-54(35-41)67-55-36-52(62-57(56(47)55)46-21-9-10-30-53(46)68-62)66(40-20-12-18-38(2)34-40)51-29-16-25-45-43-23-14-27-49(64(6,7)8)59(43)70-61(45)51/h9-36H,1-8H3. The number of furan rings is 4. The van der Waals surface area contributed by atoms with Gasteiger partial charge < -0.3 is 27.5 Å². The Morgan fingerprint density at radius 1 is 0.314 bits per heavy atom. The maximum atomic E-state index is 7.19. The number of fused-ring (bicyclic) bond motifs is 13. The van der Waals surface area contributed by atoms with E-state index in [1.165, 1.54) is 11.1 Å². The number of para-hydroxylation sites is 5. The maximum absolute atomic E-state index is 7.19. The minimum atomic E-state index is -0.121. The molecule has 0 spiro atoms. The molecule has 13 aromatic rings. The van der Waals surface area contributed by atoms with Gasteiger partial charge in [0.2, 0.25) is 0 Å². The van der Waals surface area contributed by atoms with E-state index >= 15 is 0 Å². The molecule has 70 heavy (non-hydrogen) atoms. The van der Waals surface area contributed by atoms with Crippen molar-refractivity contribution in [1.82, 2.24) is 0 Å². The SMILES string of the molecule is Cc1cccc(N(c2ccc3c(c2)oc2cc(N(c4cccc(C)c4)c4cccc5c4oc4c(C(C)(C)C)cccc45)c4oc5ccccc5c4c23)c2cccc3c2oc2c(C(C)(C)C)cccc23)c1. The lowest BCUT2D eigenvalue weighted by Gasteiger charge is -2.26. The van der Waals surface area contributed by atoms with Crippen molar-refractivity contribution in [2.45, 2.75) is 66.2 Å². The molecule has 6 nitrogen and oxygen atoms in total. The van der Waals surface area contributed by atoms with Gasteiger partial charge >= 0.3 is 0 Å². The lowest BCUT2D eigenvalue weighted by molar-refractivity contribution is 0.572. The number of hydrogen-bond acceptors (Lipinski definition) is 6. The van der Waals surface area contributed by atoms with Crippen LogP contribution >= 0.6 is 0 Å². The van der Waals surface area contributed by atoms with Crippen LogP contribution in [0.4, 0.5) is 34.1 Å². The third kappa shape index (κ3) is 6.39. The highest BCUT2D eigenvalue weighted by molar-refractivity contribution is 6.29. The van der Waals surface area contributed by atoms with Crippen molar-refractivity contribution >= 4 is 122 Å². The van der Waals surface area contributed by atoms with Crippen LogP contribution in [0.25, 0.3) is 87.8 Å². The second kappa shape index (κ2) is 15.1. The highest BCUT2D eigenvalue weighted by atomic mass is 16.3. The van der Waals surface area contributed by atoms with Crippen LogP contribution in [0.15, 0.2) is 188 Å². The van der Waals surface area contributed by atoms with Gasteiger partial charge in [-0.3, -0.25) is 0 Å². The summed E-state index contributed by atoms with van der Waals surface area (Å²) in [5.74, 6) is 0. The summed E-state index contributed by atoms with van der Waals surface area (Å²) in [7, 11) is 0. The number of hydrogen-bond donors (Lipinski definition) is 0. The summed E-state index contributed by atoms with van der Waals surface area (Å²) in [5, 5.41) is 8.35. The summed E-state index contributed by atoms with van der Waals surface area (Å²) in [4.78, 5) is 4.59. The summed E-state index contributed by atoms with van der Waals surface area (Å²) in [5.41, 5.74) is 16.6. The van der Waals surface area contributed by atoms with E-state index in [1.807, 2.05) is 6.07 Å². The topological polar surface area (TPSA) is 59.0 Å². The van der Waals surface area contributed by atoms with Crippen LogP contribution in [0.3, 0.4) is 0 Å². The van der Waals surface area contributed by atoms with E-state index in [0.717, 1.165) is 133 Å². The van der Waals surface area contributed by atoms with Crippen LogP contribution in [0.1, 0.15) is 63.8 Å². The normalized spacial score (nSPS) is 12.6. The zero-order valence-electron chi connectivity index (χ0n) is 40.7. The first-order valence-corrected chi connectivity index (χ1v) is 24.2. The van der Waals surface area contributed by atoms with Crippen LogP contribution in [0.5, 0.6) is 0 Å². The van der Waals surface area contributed by atoms with Gasteiger partial charge in [-0.2, -0.15) is 0 Å². The molecular formula is C64H52N2O4.